The molecule has 2 aromatic rings. The van der Waals surface area contributed by atoms with Crippen molar-refractivity contribution in [1.29, 1.82) is 0 Å². The molecule has 1 aliphatic rings. The van der Waals surface area contributed by atoms with Gasteiger partial charge in [0.05, 0.1) is 11.6 Å². The standard InChI is InChI=1S/C22H22F4N2O2S/c23-17-6-8-18(9-7-17)31-12-10-20(29)27-19(14-28-11-2-5-21(28)30)15-3-1-4-16(13-15)22(24,25)26/h1,3-4,6-9,13,19H,2,5,10-12,14H2,(H,27,29)/t19-/m0/s1. The molecule has 0 radical (unpaired) electrons. The van der Waals surface area contributed by atoms with Crippen LogP contribution < -0.4 is 5.32 Å². The molecule has 4 nitrogen and oxygen atoms in total. The molecule has 1 aliphatic heterocycles. The fourth-order valence-corrected chi connectivity index (χ4v) is 4.19. The molecule has 31 heavy (non-hydrogen) atoms. The normalized spacial score (nSPS) is 15.2. The number of amides is 2. The van der Waals surface area contributed by atoms with Crippen molar-refractivity contribution in [2.24, 2.45) is 0 Å². The van der Waals surface area contributed by atoms with Gasteiger partial charge in [0.25, 0.3) is 0 Å². The second-order valence-corrected chi connectivity index (χ2v) is 8.41. The molecule has 1 atom stereocenters. The molecular formula is C22H22F4N2O2S. The van der Waals surface area contributed by atoms with Crippen LogP contribution in [-0.2, 0) is 15.8 Å². The Morgan fingerprint density at radius 3 is 2.55 bits per heavy atom. The summed E-state index contributed by atoms with van der Waals surface area (Å²) in [6.45, 7) is 0.640. The largest absolute Gasteiger partial charge is 0.416 e. The van der Waals surface area contributed by atoms with Crippen molar-refractivity contribution in [2.45, 2.75) is 36.4 Å². The molecule has 1 heterocycles. The van der Waals surface area contributed by atoms with Crippen LogP contribution in [0.15, 0.2) is 53.4 Å². The molecule has 2 aromatic carbocycles. The summed E-state index contributed by atoms with van der Waals surface area (Å²) in [6, 6.07) is 9.96. The molecule has 2 amide bonds. The van der Waals surface area contributed by atoms with Crippen LogP contribution >= 0.6 is 11.8 Å². The van der Waals surface area contributed by atoms with Gasteiger partial charge in [-0.15, -0.1) is 11.8 Å². The van der Waals surface area contributed by atoms with Gasteiger partial charge in [0.1, 0.15) is 5.82 Å². The summed E-state index contributed by atoms with van der Waals surface area (Å²) in [6.07, 6.45) is -3.28. The van der Waals surface area contributed by atoms with E-state index in [1.54, 1.807) is 17.0 Å². The topological polar surface area (TPSA) is 49.4 Å². The van der Waals surface area contributed by atoms with Crippen molar-refractivity contribution in [3.05, 3.63) is 65.5 Å². The summed E-state index contributed by atoms with van der Waals surface area (Å²) >= 11 is 1.38. The van der Waals surface area contributed by atoms with Crippen molar-refractivity contribution in [2.75, 3.05) is 18.8 Å². The van der Waals surface area contributed by atoms with E-state index in [4.69, 9.17) is 0 Å². The highest BCUT2D eigenvalue weighted by Gasteiger charge is 2.32. The Kier molecular flexibility index (Phi) is 7.59. The number of hydrogen-bond donors (Lipinski definition) is 1. The number of halogens is 4. The Labute approximate surface area is 182 Å². The molecule has 0 spiro atoms. The Hall–Kier alpha value is -2.55. The summed E-state index contributed by atoms with van der Waals surface area (Å²) < 4.78 is 52.4. The Balaban J connectivity index is 1.66. The molecule has 0 aliphatic carbocycles. The van der Waals surface area contributed by atoms with Crippen LogP contribution in [0, 0.1) is 5.82 Å². The first-order valence-electron chi connectivity index (χ1n) is 9.85. The van der Waals surface area contributed by atoms with Crippen molar-refractivity contribution < 1.29 is 27.2 Å². The average Bonchev–Trinajstić information content (AvgIpc) is 3.13. The van der Waals surface area contributed by atoms with Crippen molar-refractivity contribution >= 4 is 23.6 Å². The lowest BCUT2D eigenvalue weighted by Crippen LogP contribution is -2.38. The van der Waals surface area contributed by atoms with Crippen LogP contribution in [0.25, 0.3) is 0 Å². The number of benzene rings is 2. The summed E-state index contributed by atoms with van der Waals surface area (Å²) in [5.41, 5.74) is -0.502. The molecule has 1 fully saturated rings. The van der Waals surface area contributed by atoms with Crippen molar-refractivity contribution in [3.63, 3.8) is 0 Å². The van der Waals surface area contributed by atoms with Crippen molar-refractivity contribution in [3.8, 4) is 0 Å². The predicted octanol–water partition coefficient (Wildman–Crippen LogP) is 4.81. The third-order valence-electron chi connectivity index (χ3n) is 4.94. The van der Waals surface area contributed by atoms with Gasteiger partial charge >= 0.3 is 6.18 Å². The number of likely N-dealkylation sites (tertiary alicyclic amines) is 1. The molecule has 0 saturated carbocycles. The second-order valence-electron chi connectivity index (χ2n) is 7.24. The maximum absolute atomic E-state index is 13.1. The Bertz CT molecular complexity index is 918. The van der Waals surface area contributed by atoms with Gasteiger partial charge in [-0.05, 0) is 48.4 Å². The van der Waals surface area contributed by atoms with E-state index in [0.29, 0.717) is 30.7 Å². The highest BCUT2D eigenvalue weighted by molar-refractivity contribution is 7.99. The zero-order valence-electron chi connectivity index (χ0n) is 16.6. The monoisotopic (exact) mass is 454 g/mol. The van der Waals surface area contributed by atoms with E-state index in [1.807, 2.05) is 0 Å². The Morgan fingerprint density at radius 1 is 1.16 bits per heavy atom. The lowest BCUT2D eigenvalue weighted by atomic mass is 10.0. The number of nitrogens with one attached hydrogen (secondary N) is 1. The van der Waals surface area contributed by atoms with Gasteiger partial charge in [-0.3, -0.25) is 9.59 Å². The first-order valence-corrected chi connectivity index (χ1v) is 10.8. The van der Waals surface area contributed by atoms with Gasteiger partial charge in [0.2, 0.25) is 11.8 Å². The van der Waals surface area contributed by atoms with E-state index in [0.717, 1.165) is 17.0 Å². The first kappa shape index (κ1) is 23.1. The summed E-state index contributed by atoms with van der Waals surface area (Å²) in [4.78, 5) is 26.9. The second kappa shape index (κ2) is 10.2. The lowest BCUT2D eigenvalue weighted by Gasteiger charge is -2.26. The fourth-order valence-electron chi connectivity index (χ4n) is 3.34. The van der Waals surface area contributed by atoms with Crippen LogP contribution in [0.5, 0.6) is 0 Å². The molecule has 3 rings (SSSR count). The Morgan fingerprint density at radius 2 is 1.90 bits per heavy atom. The van der Waals surface area contributed by atoms with E-state index < -0.39 is 17.8 Å². The van der Waals surface area contributed by atoms with Crippen molar-refractivity contribution in [1.82, 2.24) is 10.2 Å². The van der Waals surface area contributed by atoms with Gasteiger partial charge < -0.3 is 10.2 Å². The van der Waals surface area contributed by atoms with E-state index in [9.17, 15) is 27.2 Å². The number of nitrogens with zero attached hydrogens (tertiary/aromatic N) is 1. The van der Waals surface area contributed by atoms with E-state index in [1.165, 1.54) is 36.0 Å². The van der Waals surface area contributed by atoms with Gasteiger partial charge in [0, 0.05) is 36.6 Å². The minimum Gasteiger partial charge on any atom is -0.347 e. The zero-order valence-corrected chi connectivity index (χ0v) is 17.4. The van der Waals surface area contributed by atoms with E-state index in [-0.39, 0.29) is 30.6 Å². The molecular weight excluding hydrogens is 432 g/mol. The number of carbonyl (C=O) groups excluding carboxylic acids is 2. The van der Waals surface area contributed by atoms with Gasteiger partial charge in [0.15, 0.2) is 0 Å². The van der Waals surface area contributed by atoms with Crippen LogP contribution in [0.4, 0.5) is 17.6 Å². The zero-order chi connectivity index (χ0) is 22.4. The number of hydrogen-bond acceptors (Lipinski definition) is 3. The number of thioether (sulfide) groups is 1. The third-order valence-corrected chi connectivity index (χ3v) is 5.95. The molecule has 9 heteroatoms. The maximum atomic E-state index is 13.1. The SMILES string of the molecule is O=C(CCSc1ccc(F)cc1)N[C@@H](CN1CCCC1=O)c1cccc(C(F)(F)F)c1. The minimum absolute atomic E-state index is 0.0712. The van der Waals surface area contributed by atoms with Crippen LogP contribution in [0.2, 0.25) is 0 Å². The van der Waals surface area contributed by atoms with E-state index in [2.05, 4.69) is 5.32 Å². The molecule has 0 unspecified atom stereocenters. The van der Waals surface area contributed by atoms with Crippen LogP contribution in [0.3, 0.4) is 0 Å². The highest BCUT2D eigenvalue weighted by Crippen LogP contribution is 2.31. The number of carbonyl (C=O) groups is 2. The summed E-state index contributed by atoms with van der Waals surface area (Å²) in [7, 11) is 0. The minimum atomic E-state index is -4.50. The number of rotatable bonds is 8. The maximum Gasteiger partial charge on any atom is 0.416 e. The van der Waals surface area contributed by atoms with E-state index >= 15 is 0 Å². The van der Waals surface area contributed by atoms with Gasteiger partial charge in [-0.2, -0.15) is 13.2 Å². The summed E-state index contributed by atoms with van der Waals surface area (Å²) in [5, 5.41) is 2.78. The molecule has 1 N–H and O–H groups in total. The van der Waals surface area contributed by atoms with Gasteiger partial charge in [-0.25, -0.2) is 4.39 Å². The molecule has 1 saturated heterocycles. The predicted molar refractivity (Wildman–Crippen MR) is 110 cm³/mol. The van der Waals surface area contributed by atoms with Gasteiger partial charge in [-0.1, -0.05) is 12.1 Å². The molecule has 0 aromatic heterocycles. The average molecular weight is 454 g/mol. The number of alkyl halides is 3. The highest BCUT2D eigenvalue weighted by atomic mass is 32.2. The quantitative estimate of drug-likeness (QED) is 0.460. The molecule has 0 bridgehead atoms. The van der Waals surface area contributed by atoms with Crippen LogP contribution in [0.1, 0.15) is 36.4 Å². The fraction of sp³-hybridized carbons (Fsp3) is 0.364. The summed E-state index contributed by atoms with van der Waals surface area (Å²) in [5.74, 6) is -0.320. The van der Waals surface area contributed by atoms with Crippen LogP contribution in [-0.4, -0.2) is 35.6 Å². The first-order chi connectivity index (χ1) is 14.7. The molecule has 166 valence electrons. The smallest absolute Gasteiger partial charge is 0.347 e. The third kappa shape index (κ3) is 6.72. The lowest BCUT2D eigenvalue weighted by molar-refractivity contribution is -0.137.